The van der Waals surface area contributed by atoms with Crippen LogP contribution in [0, 0.1) is 0 Å². The van der Waals surface area contributed by atoms with Gasteiger partial charge in [0, 0.05) is 42.8 Å². The molecule has 0 heterocycles. The Bertz CT molecular complexity index is 106. The van der Waals surface area contributed by atoms with Gasteiger partial charge in [0.25, 0.3) is 0 Å². The molecule has 4 nitrogen and oxygen atoms in total. The fourth-order valence-electron chi connectivity index (χ4n) is 0.737. The summed E-state index contributed by atoms with van der Waals surface area (Å²) in [5.41, 5.74) is 0. The first kappa shape index (κ1) is 17.8. The van der Waals surface area contributed by atoms with Crippen molar-refractivity contribution in [3.05, 3.63) is 0 Å². The third-order valence-corrected chi connectivity index (χ3v) is 2.29. The summed E-state index contributed by atoms with van der Waals surface area (Å²) >= 11 is -0.506. The molecule has 0 rings (SSSR count). The van der Waals surface area contributed by atoms with E-state index in [1.165, 1.54) is 0 Å². The molecule has 0 spiro atoms. The van der Waals surface area contributed by atoms with Gasteiger partial charge in [0.2, 0.25) is 0 Å². The van der Waals surface area contributed by atoms with Crippen molar-refractivity contribution in [2.45, 2.75) is 40.3 Å². The van der Waals surface area contributed by atoms with Crippen molar-refractivity contribution >= 4 is 45.4 Å². The van der Waals surface area contributed by atoms with Crippen LogP contribution in [-0.4, -0.2) is 71.2 Å². The van der Waals surface area contributed by atoms with Gasteiger partial charge in [-0.05, 0) is 27.7 Å². The van der Waals surface area contributed by atoms with E-state index >= 15 is 0 Å². The van der Waals surface area contributed by atoms with Crippen LogP contribution in [0.15, 0.2) is 0 Å². The predicted octanol–water partition coefficient (Wildman–Crippen LogP) is 0.938. The molecule has 0 fully saturated rings. The topological polar surface area (TPSA) is 36.9 Å². The molecule has 0 bridgehead atoms. The zero-order valence-electron chi connectivity index (χ0n) is 9.78. The summed E-state index contributed by atoms with van der Waals surface area (Å²) in [6.45, 7) is 8.87. The fourth-order valence-corrected chi connectivity index (χ4v) is 1.27. The van der Waals surface area contributed by atoms with Gasteiger partial charge in [-0.1, -0.05) is 0 Å². The number of hydrogen-bond donors (Lipinski definition) is 0. The predicted molar refractivity (Wildman–Crippen MR) is 55.9 cm³/mol. The van der Waals surface area contributed by atoms with Gasteiger partial charge in [-0.2, -0.15) is 0 Å². The second kappa shape index (κ2) is 12.4. The largest absolute Gasteiger partial charge is 0.671 e. The Kier molecular flexibility index (Phi) is 15.8. The molecule has 0 aromatic heterocycles. The van der Waals surface area contributed by atoms with Crippen LogP contribution in [0.5, 0.6) is 0 Å². The van der Waals surface area contributed by atoms with Crippen LogP contribution in [0.25, 0.3) is 0 Å². The smallest absolute Gasteiger partial charge is 0.461 e. The third-order valence-electron chi connectivity index (χ3n) is 1.30. The summed E-state index contributed by atoms with van der Waals surface area (Å²) in [5, 5.41) is 0. The molecule has 14 heavy (non-hydrogen) atoms. The number of ether oxygens (including phenoxy) is 2. The van der Waals surface area contributed by atoms with Gasteiger partial charge in [0.15, 0.2) is 0 Å². The van der Waals surface area contributed by atoms with E-state index in [0.717, 1.165) is 0 Å². The Morgan fingerprint density at radius 2 is 1.29 bits per heavy atom. The first-order chi connectivity index (χ1) is 6.20. The molecular weight excluding hydrogens is 210 g/mol. The van der Waals surface area contributed by atoms with Gasteiger partial charge in [0.05, 0.1) is 0 Å². The molecule has 2 unspecified atom stereocenters. The Balaban J connectivity index is 0. The van der Waals surface area contributed by atoms with Crippen molar-refractivity contribution < 1.29 is 17.1 Å². The van der Waals surface area contributed by atoms with Gasteiger partial charge in [-0.15, -0.1) is 0 Å². The Labute approximate surface area is 115 Å². The van der Waals surface area contributed by atoms with Crippen LogP contribution in [0.4, 0.5) is 0 Å². The molecule has 2 atom stereocenters. The van der Waals surface area contributed by atoms with Gasteiger partial charge >= 0.3 is 15.9 Å². The van der Waals surface area contributed by atoms with Crippen molar-refractivity contribution in [3.63, 3.8) is 0 Å². The Morgan fingerprint density at radius 3 is 1.57 bits per heavy atom. The van der Waals surface area contributed by atoms with E-state index in [1.54, 1.807) is 0 Å². The molecule has 0 N–H and O–H groups in total. The van der Waals surface area contributed by atoms with E-state index in [2.05, 4.69) is 0 Å². The van der Waals surface area contributed by atoms with Crippen molar-refractivity contribution in [2.75, 3.05) is 13.2 Å². The molecule has 6 heteroatoms. The van der Waals surface area contributed by atoms with Gasteiger partial charge < -0.3 is 17.1 Å². The van der Waals surface area contributed by atoms with Gasteiger partial charge in [0.1, 0.15) is 12.6 Å². The van der Waals surface area contributed by atoms with Crippen LogP contribution in [0.1, 0.15) is 27.7 Å². The fraction of sp³-hybridized carbons (Fsp3) is 1.00. The molecule has 0 saturated carbocycles. The minimum absolute atomic E-state index is 0. The molecule has 0 aliphatic rings. The van der Waals surface area contributed by atoms with E-state index in [9.17, 15) is 0 Å². The van der Waals surface area contributed by atoms with Crippen LogP contribution in [0.3, 0.4) is 0 Å². The zero-order chi connectivity index (χ0) is 10.1. The molecule has 0 aromatic carbocycles. The molecular formula is C8H18AlNaO4. The van der Waals surface area contributed by atoms with E-state index in [1.807, 2.05) is 27.7 Å². The molecule has 0 saturated heterocycles. The summed E-state index contributed by atoms with van der Waals surface area (Å²) < 4.78 is 20.8. The first-order valence-corrected chi connectivity index (χ1v) is 5.50. The standard InChI is InChI=1S/2C4H9O2.Al.Na/c2*1-3-6-4(2)5;;/h2*4H,3H2,1-2H3;;/q2*-1;+2;. The maximum Gasteiger partial charge on any atom is 0.671 e. The quantitative estimate of drug-likeness (QED) is 0.457. The van der Waals surface area contributed by atoms with Crippen LogP contribution in [-0.2, 0) is 17.1 Å². The Hall–Kier alpha value is 1.37. The van der Waals surface area contributed by atoms with E-state index in [4.69, 9.17) is 17.1 Å². The normalized spacial score (nSPS) is 14.3. The molecule has 0 aliphatic heterocycles. The van der Waals surface area contributed by atoms with Gasteiger partial charge in [-0.25, -0.2) is 0 Å². The van der Waals surface area contributed by atoms with E-state index in [-0.39, 0.29) is 42.1 Å². The first-order valence-electron chi connectivity index (χ1n) is 4.56. The minimum atomic E-state index is -0.506. The van der Waals surface area contributed by atoms with Crippen molar-refractivity contribution in [3.8, 4) is 0 Å². The Morgan fingerprint density at radius 1 is 0.929 bits per heavy atom. The zero-order valence-corrected chi connectivity index (χ0v) is 12.9. The molecule has 0 amide bonds. The molecule has 2 radical (unpaired) electrons. The van der Waals surface area contributed by atoms with Crippen molar-refractivity contribution in [1.29, 1.82) is 0 Å². The summed E-state index contributed by atoms with van der Waals surface area (Å²) in [4.78, 5) is 0. The number of rotatable bonds is 8. The van der Waals surface area contributed by atoms with E-state index in [0.29, 0.717) is 13.2 Å². The monoisotopic (exact) mass is 228 g/mol. The van der Waals surface area contributed by atoms with Gasteiger partial charge in [-0.3, -0.25) is 0 Å². The second-order valence-electron chi connectivity index (χ2n) is 2.41. The van der Waals surface area contributed by atoms with Crippen molar-refractivity contribution in [2.24, 2.45) is 0 Å². The average Bonchev–Trinajstić information content (AvgIpc) is 2.05. The van der Waals surface area contributed by atoms with Crippen LogP contribution < -0.4 is 0 Å². The number of hydrogen-bond acceptors (Lipinski definition) is 4. The van der Waals surface area contributed by atoms with Crippen molar-refractivity contribution in [1.82, 2.24) is 0 Å². The summed E-state index contributed by atoms with van der Waals surface area (Å²) in [5.74, 6) is 0. The van der Waals surface area contributed by atoms with Crippen LogP contribution in [0.2, 0.25) is 0 Å². The maximum atomic E-state index is 5.26. The molecule has 0 aliphatic carbocycles. The van der Waals surface area contributed by atoms with E-state index < -0.39 is 15.9 Å². The molecule has 0 aromatic rings. The summed E-state index contributed by atoms with van der Waals surface area (Å²) in [6.07, 6.45) is -0.373. The molecule has 78 valence electrons. The summed E-state index contributed by atoms with van der Waals surface area (Å²) in [6, 6.07) is 0. The maximum absolute atomic E-state index is 5.26. The summed E-state index contributed by atoms with van der Waals surface area (Å²) in [7, 11) is 0. The SMILES string of the molecule is CCOC(C)[O][Al][O]C(C)OCC.[Na]. The minimum Gasteiger partial charge on any atom is -0.461 e. The average molecular weight is 228 g/mol. The second-order valence-corrected chi connectivity index (χ2v) is 3.15. The van der Waals surface area contributed by atoms with Crippen LogP contribution >= 0.6 is 0 Å². The third kappa shape index (κ3) is 11.4.